The zero-order valence-electron chi connectivity index (χ0n) is 17.7. The lowest BCUT2D eigenvalue weighted by Crippen LogP contribution is -2.31. The molecule has 0 amide bonds. The first-order valence-corrected chi connectivity index (χ1v) is 10.3. The fraction of sp³-hybridized carbons (Fsp3) is 0.909. The number of ether oxygens (including phenoxy) is 1. The van der Waals surface area contributed by atoms with Gasteiger partial charge in [-0.25, -0.2) is 0 Å². The molecular weight excluding hydrogens is 312 g/mol. The van der Waals surface area contributed by atoms with Crippen LogP contribution in [-0.2, 0) is 14.3 Å². The molecule has 0 spiro atoms. The van der Waals surface area contributed by atoms with E-state index in [9.17, 15) is 9.59 Å². The molecule has 3 heteroatoms. The van der Waals surface area contributed by atoms with Gasteiger partial charge in [0.05, 0.1) is 11.8 Å². The highest BCUT2D eigenvalue weighted by Gasteiger charge is 2.49. The minimum absolute atomic E-state index is 0.195. The van der Waals surface area contributed by atoms with Gasteiger partial charge < -0.3 is 4.74 Å². The molecule has 0 bridgehead atoms. The van der Waals surface area contributed by atoms with Gasteiger partial charge in [0.15, 0.2) is 0 Å². The fourth-order valence-corrected chi connectivity index (χ4v) is 5.07. The lowest BCUT2D eigenvalue weighted by Gasteiger charge is -2.29. The maximum absolute atomic E-state index is 12.4. The van der Waals surface area contributed by atoms with Crippen molar-refractivity contribution in [1.82, 2.24) is 0 Å². The van der Waals surface area contributed by atoms with Crippen molar-refractivity contribution in [1.29, 1.82) is 0 Å². The Kier molecular flexibility index (Phi) is 8.63. The van der Waals surface area contributed by atoms with E-state index in [-0.39, 0.29) is 35.6 Å². The quantitative estimate of drug-likeness (QED) is 0.373. The van der Waals surface area contributed by atoms with Crippen LogP contribution in [0.1, 0.15) is 81.1 Å². The Labute approximate surface area is 155 Å². The molecule has 146 valence electrons. The van der Waals surface area contributed by atoms with Crippen LogP contribution in [-0.4, -0.2) is 11.9 Å². The lowest BCUT2D eigenvalue weighted by molar-refractivity contribution is -0.154. The van der Waals surface area contributed by atoms with E-state index in [1.807, 2.05) is 0 Å². The van der Waals surface area contributed by atoms with Gasteiger partial charge in [-0.2, -0.15) is 0 Å². The molecule has 0 radical (unpaired) electrons. The van der Waals surface area contributed by atoms with Gasteiger partial charge in [-0.1, -0.05) is 55.4 Å². The molecule has 0 aromatic heterocycles. The molecule has 0 aromatic carbocycles. The smallest absolute Gasteiger partial charge is 0.317 e. The van der Waals surface area contributed by atoms with E-state index in [2.05, 4.69) is 55.4 Å². The van der Waals surface area contributed by atoms with E-state index in [0.29, 0.717) is 23.7 Å². The van der Waals surface area contributed by atoms with Crippen molar-refractivity contribution in [2.24, 2.45) is 47.3 Å². The first-order chi connectivity index (χ1) is 11.5. The van der Waals surface area contributed by atoms with Gasteiger partial charge in [-0.15, -0.1) is 0 Å². The van der Waals surface area contributed by atoms with Gasteiger partial charge in [0.1, 0.15) is 0 Å². The van der Waals surface area contributed by atoms with Crippen molar-refractivity contribution in [2.75, 3.05) is 0 Å². The zero-order valence-corrected chi connectivity index (χ0v) is 17.7. The molecule has 0 N–H and O–H groups in total. The molecule has 1 fully saturated rings. The molecule has 1 saturated heterocycles. The SMILES string of the molecule is CC(C)CC(C)CC(C)C1C(=O)OC(=O)C1C(C)CC(C)CC(C)C. The molecule has 6 unspecified atom stereocenters. The van der Waals surface area contributed by atoms with Crippen LogP contribution in [0.15, 0.2) is 0 Å². The van der Waals surface area contributed by atoms with Gasteiger partial charge in [-0.3, -0.25) is 9.59 Å². The third-order valence-corrected chi connectivity index (χ3v) is 5.65. The predicted octanol–water partition coefficient (Wildman–Crippen LogP) is 5.72. The van der Waals surface area contributed by atoms with Crippen LogP contribution in [0.3, 0.4) is 0 Å². The highest BCUT2D eigenvalue weighted by molar-refractivity contribution is 5.96. The Morgan fingerprint density at radius 1 is 0.640 bits per heavy atom. The van der Waals surface area contributed by atoms with Gasteiger partial charge in [0.2, 0.25) is 0 Å². The number of hydrogen-bond acceptors (Lipinski definition) is 3. The van der Waals surface area contributed by atoms with Crippen molar-refractivity contribution in [2.45, 2.75) is 81.1 Å². The van der Waals surface area contributed by atoms with Crippen molar-refractivity contribution < 1.29 is 14.3 Å². The van der Waals surface area contributed by atoms with Crippen LogP contribution in [0.25, 0.3) is 0 Å². The summed E-state index contributed by atoms with van der Waals surface area (Å²) in [6, 6.07) is 0. The molecule has 0 aromatic rings. The first kappa shape index (κ1) is 22.2. The van der Waals surface area contributed by atoms with Crippen molar-refractivity contribution >= 4 is 11.9 Å². The van der Waals surface area contributed by atoms with E-state index < -0.39 is 0 Å². The van der Waals surface area contributed by atoms with E-state index in [4.69, 9.17) is 4.74 Å². The van der Waals surface area contributed by atoms with Crippen molar-refractivity contribution in [3.05, 3.63) is 0 Å². The highest BCUT2D eigenvalue weighted by Crippen LogP contribution is 2.40. The maximum atomic E-state index is 12.4. The van der Waals surface area contributed by atoms with Gasteiger partial charge >= 0.3 is 11.9 Å². The lowest BCUT2D eigenvalue weighted by atomic mass is 9.72. The minimum Gasteiger partial charge on any atom is -0.393 e. The summed E-state index contributed by atoms with van der Waals surface area (Å²) >= 11 is 0. The van der Waals surface area contributed by atoms with E-state index >= 15 is 0 Å². The van der Waals surface area contributed by atoms with E-state index in [0.717, 1.165) is 25.7 Å². The Balaban J connectivity index is 2.77. The van der Waals surface area contributed by atoms with Crippen LogP contribution in [0.2, 0.25) is 0 Å². The summed E-state index contributed by atoms with van der Waals surface area (Å²) in [5.41, 5.74) is 0. The first-order valence-electron chi connectivity index (χ1n) is 10.3. The van der Waals surface area contributed by atoms with Crippen molar-refractivity contribution in [3.63, 3.8) is 0 Å². The van der Waals surface area contributed by atoms with Crippen LogP contribution < -0.4 is 0 Å². The summed E-state index contributed by atoms with van der Waals surface area (Å²) in [6.07, 6.45) is 4.28. The standard InChI is InChI=1S/C22H40O3/c1-13(2)9-15(5)11-17(7)19-20(22(24)25-21(19)23)18(8)12-16(6)10-14(3)4/h13-20H,9-12H2,1-8H3. The second-order valence-corrected chi connectivity index (χ2v) is 9.69. The largest absolute Gasteiger partial charge is 0.393 e. The van der Waals surface area contributed by atoms with E-state index in [1.165, 1.54) is 0 Å². The summed E-state index contributed by atoms with van der Waals surface area (Å²) in [5, 5.41) is 0. The average molecular weight is 353 g/mol. The normalized spacial score (nSPS) is 26.0. The summed E-state index contributed by atoms with van der Waals surface area (Å²) < 4.78 is 5.08. The van der Waals surface area contributed by atoms with Crippen LogP contribution in [0.5, 0.6) is 0 Å². The molecule has 3 nitrogen and oxygen atoms in total. The number of carbonyl (C=O) groups is 2. The van der Waals surface area contributed by atoms with Crippen LogP contribution >= 0.6 is 0 Å². The fourth-order valence-electron chi connectivity index (χ4n) is 5.07. The number of cyclic esters (lactones) is 2. The number of esters is 2. The molecule has 25 heavy (non-hydrogen) atoms. The van der Waals surface area contributed by atoms with Crippen molar-refractivity contribution in [3.8, 4) is 0 Å². The molecular formula is C22H40O3. The highest BCUT2D eigenvalue weighted by atomic mass is 16.6. The monoisotopic (exact) mass is 352 g/mol. The molecule has 1 aliphatic rings. The molecule has 1 aliphatic heterocycles. The Hall–Kier alpha value is -0.860. The Bertz CT molecular complexity index is 401. The Morgan fingerprint density at radius 2 is 0.960 bits per heavy atom. The van der Waals surface area contributed by atoms with Crippen LogP contribution in [0.4, 0.5) is 0 Å². The summed E-state index contributed by atoms with van der Waals surface area (Å²) in [7, 11) is 0. The molecule has 1 rings (SSSR count). The molecule has 1 heterocycles. The summed E-state index contributed by atoms with van der Waals surface area (Å²) in [6.45, 7) is 17.7. The maximum Gasteiger partial charge on any atom is 0.317 e. The zero-order chi connectivity index (χ0) is 19.3. The molecule has 6 atom stereocenters. The summed E-state index contributed by atoms with van der Waals surface area (Å²) in [5.74, 6) is 1.73. The van der Waals surface area contributed by atoms with Gasteiger partial charge in [-0.05, 0) is 61.2 Å². The third-order valence-electron chi connectivity index (χ3n) is 5.65. The summed E-state index contributed by atoms with van der Waals surface area (Å²) in [4.78, 5) is 24.7. The molecule has 0 saturated carbocycles. The average Bonchev–Trinajstić information content (AvgIpc) is 2.70. The van der Waals surface area contributed by atoms with Gasteiger partial charge in [0, 0.05) is 0 Å². The minimum atomic E-state index is -0.289. The number of hydrogen-bond donors (Lipinski definition) is 0. The number of carbonyl (C=O) groups excluding carboxylic acids is 2. The number of rotatable bonds is 10. The van der Waals surface area contributed by atoms with E-state index in [1.54, 1.807) is 0 Å². The molecule has 0 aliphatic carbocycles. The Morgan fingerprint density at radius 3 is 1.24 bits per heavy atom. The topological polar surface area (TPSA) is 43.4 Å². The third kappa shape index (κ3) is 6.75. The second kappa shape index (κ2) is 9.73. The van der Waals surface area contributed by atoms with Crippen LogP contribution in [0, 0.1) is 47.3 Å². The predicted molar refractivity (Wildman–Crippen MR) is 103 cm³/mol. The van der Waals surface area contributed by atoms with Gasteiger partial charge in [0.25, 0.3) is 0 Å². The second-order valence-electron chi connectivity index (χ2n) is 9.69.